The molecule has 3 heteroatoms. The number of ether oxygens (including phenoxy) is 2. The summed E-state index contributed by atoms with van der Waals surface area (Å²) in [6, 6.07) is 3.82. The van der Waals surface area contributed by atoms with Crippen molar-refractivity contribution in [2.75, 3.05) is 14.2 Å². The molecule has 0 saturated heterocycles. The number of hydrogen-bond acceptors (Lipinski definition) is 3. The van der Waals surface area contributed by atoms with Crippen molar-refractivity contribution in [2.45, 2.75) is 25.4 Å². The molecule has 0 aromatic heterocycles. The summed E-state index contributed by atoms with van der Waals surface area (Å²) in [6.07, 6.45) is 2.07. The third-order valence-electron chi connectivity index (χ3n) is 2.95. The Hall–Kier alpha value is -1.22. The number of hydrogen-bond donors (Lipinski definition) is 1. The molecule has 1 atom stereocenters. The Kier molecular flexibility index (Phi) is 2.82. The van der Waals surface area contributed by atoms with Gasteiger partial charge in [0.1, 0.15) is 11.5 Å². The highest BCUT2D eigenvalue weighted by Crippen LogP contribution is 2.35. The van der Waals surface area contributed by atoms with Crippen molar-refractivity contribution < 1.29 is 14.6 Å². The largest absolute Gasteiger partial charge is 0.496 e. The van der Waals surface area contributed by atoms with Gasteiger partial charge in [-0.2, -0.15) is 0 Å². The molecule has 0 amide bonds. The van der Waals surface area contributed by atoms with Gasteiger partial charge in [0.15, 0.2) is 0 Å². The zero-order valence-corrected chi connectivity index (χ0v) is 9.12. The lowest BCUT2D eigenvalue weighted by atomic mass is 9.88. The van der Waals surface area contributed by atoms with E-state index in [1.165, 1.54) is 5.56 Å². The van der Waals surface area contributed by atoms with Crippen molar-refractivity contribution >= 4 is 0 Å². The number of methoxy groups -OCH3 is 2. The lowest BCUT2D eigenvalue weighted by Crippen LogP contribution is -2.19. The van der Waals surface area contributed by atoms with Crippen LogP contribution in [0.15, 0.2) is 12.1 Å². The van der Waals surface area contributed by atoms with Gasteiger partial charge in [-0.3, -0.25) is 0 Å². The second-order valence-electron chi connectivity index (χ2n) is 3.82. The summed E-state index contributed by atoms with van der Waals surface area (Å²) in [6.45, 7) is 0. The van der Waals surface area contributed by atoms with Gasteiger partial charge < -0.3 is 14.6 Å². The Bertz CT molecular complexity index is 360. The van der Waals surface area contributed by atoms with E-state index in [0.717, 1.165) is 29.9 Å². The van der Waals surface area contributed by atoms with Crippen molar-refractivity contribution in [1.82, 2.24) is 0 Å². The van der Waals surface area contributed by atoms with E-state index in [1.54, 1.807) is 14.2 Å². The summed E-state index contributed by atoms with van der Waals surface area (Å²) in [7, 11) is 3.33. The van der Waals surface area contributed by atoms with Crippen LogP contribution < -0.4 is 9.47 Å². The van der Waals surface area contributed by atoms with Crippen LogP contribution in [-0.4, -0.2) is 25.4 Å². The Labute approximate surface area is 89.6 Å². The predicted molar refractivity (Wildman–Crippen MR) is 57.6 cm³/mol. The first-order valence-corrected chi connectivity index (χ1v) is 5.17. The first kappa shape index (κ1) is 10.3. The van der Waals surface area contributed by atoms with Crippen LogP contribution in [0.2, 0.25) is 0 Å². The Balaban J connectivity index is 2.48. The van der Waals surface area contributed by atoms with Crippen molar-refractivity contribution in [3.63, 3.8) is 0 Å². The molecule has 0 radical (unpaired) electrons. The number of rotatable bonds is 2. The maximum Gasteiger partial charge on any atom is 0.122 e. The average molecular weight is 208 g/mol. The maximum atomic E-state index is 9.64. The molecule has 15 heavy (non-hydrogen) atoms. The molecule has 2 rings (SSSR count). The molecule has 0 heterocycles. The van der Waals surface area contributed by atoms with E-state index in [-0.39, 0.29) is 6.10 Å². The van der Waals surface area contributed by atoms with E-state index >= 15 is 0 Å². The molecule has 82 valence electrons. The van der Waals surface area contributed by atoms with Gasteiger partial charge in [0.2, 0.25) is 0 Å². The van der Waals surface area contributed by atoms with Crippen LogP contribution in [0.1, 0.15) is 17.5 Å². The van der Waals surface area contributed by atoms with Crippen LogP contribution in [-0.2, 0) is 12.8 Å². The normalized spacial score (nSPS) is 19.5. The van der Waals surface area contributed by atoms with Crippen LogP contribution in [0.25, 0.3) is 0 Å². The molecule has 1 aliphatic carbocycles. The lowest BCUT2D eigenvalue weighted by molar-refractivity contribution is 0.156. The summed E-state index contributed by atoms with van der Waals surface area (Å²) < 4.78 is 10.6. The van der Waals surface area contributed by atoms with Crippen LogP contribution in [0.3, 0.4) is 0 Å². The Morgan fingerprint density at radius 2 is 1.73 bits per heavy atom. The van der Waals surface area contributed by atoms with Crippen LogP contribution >= 0.6 is 0 Å². The maximum absolute atomic E-state index is 9.64. The number of aliphatic hydroxyl groups excluding tert-OH is 1. The van der Waals surface area contributed by atoms with Gasteiger partial charge >= 0.3 is 0 Å². The van der Waals surface area contributed by atoms with Gasteiger partial charge in [-0.05, 0) is 25.0 Å². The molecular formula is C12H16O3. The van der Waals surface area contributed by atoms with Gasteiger partial charge in [0.05, 0.1) is 20.3 Å². The highest BCUT2D eigenvalue weighted by atomic mass is 16.5. The van der Waals surface area contributed by atoms with Gasteiger partial charge in [-0.15, -0.1) is 0 Å². The van der Waals surface area contributed by atoms with E-state index in [1.807, 2.05) is 12.1 Å². The minimum Gasteiger partial charge on any atom is -0.496 e. The third-order valence-corrected chi connectivity index (χ3v) is 2.95. The van der Waals surface area contributed by atoms with Crippen molar-refractivity contribution in [3.05, 3.63) is 23.3 Å². The minimum absolute atomic E-state index is 0.251. The first-order valence-electron chi connectivity index (χ1n) is 5.17. The molecule has 0 saturated carbocycles. The minimum atomic E-state index is -0.251. The van der Waals surface area contributed by atoms with E-state index in [2.05, 4.69) is 0 Å². The fourth-order valence-electron chi connectivity index (χ4n) is 2.18. The first-order chi connectivity index (χ1) is 7.26. The lowest BCUT2D eigenvalue weighted by Gasteiger charge is -2.24. The molecule has 1 aliphatic rings. The number of benzene rings is 1. The number of aliphatic hydroxyl groups is 1. The molecule has 0 bridgehead atoms. The van der Waals surface area contributed by atoms with Crippen LogP contribution in [0.5, 0.6) is 11.5 Å². The molecule has 1 N–H and O–H groups in total. The summed E-state index contributed by atoms with van der Waals surface area (Å²) in [5.41, 5.74) is 2.28. The second-order valence-corrected chi connectivity index (χ2v) is 3.82. The molecule has 0 aliphatic heterocycles. The molecule has 0 fully saturated rings. The number of fused-ring (bicyclic) bond motifs is 1. The van der Waals surface area contributed by atoms with E-state index < -0.39 is 0 Å². The average Bonchev–Trinajstić information content (AvgIpc) is 2.27. The van der Waals surface area contributed by atoms with Crippen molar-refractivity contribution in [1.29, 1.82) is 0 Å². The van der Waals surface area contributed by atoms with E-state index in [9.17, 15) is 5.11 Å². The monoisotopic (exact) mass is 208 g/mol. The van der Waals surface area contributed by atoms with Crippen LogP contribution in [0, 0.1) is 0 Å². The molecule has 0 unspecified atom stereocenters. The predicted octanol–water partition coefficient (Wildman–Crippen LogP) is 1.55. The Morgan fingerprint density at radius 3 is 2.33 bits per heavy atom. The standard InChI is InChI=1S/C12H16O3/c1-14-11-5-6-12(15-2)10-7-8(13)3-4-9(10)11/h5-6,8,13H,3-4,7H2,1-2H3/t8-/m1/s1. The molecule has 1 aromatic carbocycles. The summed E-state index contributed by atoms with van der Waals surface area (Å²) in [5, 5.41) is 9.64. The topological polar surface area (TPSA) is 38.7 Å². The molecule has 3 nitrogen and oxygen atoms in total. The summed E-state index contributed by atoms with van der Waals surface area (Å²) in [5.74, 6) is 1.75. The van der Waals surface area contributed by atoms with Gasteiger partial charge in [0.25, 0.3) is 0 Å². The molecule has 1 aromatic rings. The van der Waals surface area contributed by atoms with Crippen molar-refractivity contribution in [3.8, 4) is 11.5 Å². The van der Waals surface area contributed by atoms with Crippen LogP contribution in [0.4, 0.5) is 0 Å². The molecular weight excluding hydrogens is 192 g/mol. The molecule has 0 spiro atoms. The van der Waals surface area contributed by atoms with Crippen molar-refractivity contribution in [2.24, 2.45) is 0 Å². The van der Waals surface area contributed by atoms with Gasteiger partial charge in [-0.25, -0.2) is 0 Å². The third kappa shape index (κ3) is 1.79. The highest BCUT2D eigenvalue weighted by molar-refractivity contribution is 5.50. The smallest absolute Gasteiger partial charge is 0.122 e. The van der Waals surface area contributed by atoms with E-state index in [0.29, 0.717) is 6.42 Å². The fraction of sp³-hybridized carbons (Fsp3) is 0.500. The SMILES string of the molecule is COc1ccc(OC)c2c1CC[C@@H](O)C2. The zero-order chi connectivity index (χ0) is 10.8. The quantitative estimate of drug-likeness (QED) is 0.801. The fourth-order valence-corrected chi connectivity index (χ4v) is 2.18. The van der Waals surface area contributed by atoms with Gasteiger partial charge in [0, 0.05) is 17.5 Å². The van der Waals surface area contributed by atoms with E-state index in [4.69, 9.17) is 9.47 Å². The zero-order valence-electron chi connectivity index (χ0n) is 9.12. The van der Waals surface area contributed by atoms with Gasteiger partial charge in [-0.1, -0.05) is 0 Å². The summed E-state index contributed by atoms with van der Waals surface area (Å²) >= 11 is 0. The second kappa shape index (κ2) is 4.11. The summed E-state index contributed by atoms with van der Waals surface area (Å²) in [4.78, 5) is 0. The Morgan fingerprint density at radius 1 is 1.13 bits per heavy atom. The highest BCUT2D eigenvalue weighted by Gasteiger charge is 2.22.